The van der Waals surface area contributed by atoms with E-state index < -0.39 is 29.9 Å². The van der Waals surface area contributed by atoms with Gasteiger partial charge in [0, 0.05) is 13.0 Å². The van der Waals surface area contributed by atoms with Gasteiger partial charge in [-0.1, -0.05) is 47.5 Å². The fourth-order valence-electron chi connectivity index (χ4n) is 3.41. The summed E-state index contributed by atoms with van der Waals surface area (Å²) in [6, 6.07) is 14.3. The van der Waals surface area contributed by atoms with Gasteiger partial charge in [-0.2, -0.15) is 0 Å². The second-order valence-electron chi connectivity index (χ2n) is 6.73. The van der Waals surface area contributed by atoms with Gasteiger partial charge in [0.25, 0.3) is 11.8 Å². The number of hydroxylamine groups is 2. The number of amides is 3. The Morgan fingerprint density at radius 3 is 2.21 bits per heavy atom. The smallest absolute Gasteiger partial charge is 0.410 e. The highest BCUT2D eigenvalue weighted by molar-refractivity contribution is 6.20. The zero-order valence-corrected chi connectivity index (χ0v) is 15.4. The van der Waals surface area contributed by atoms with Crippen LogP contribution in [0.15, 0.2) is 54.6 Å². The second kappa shape index (κ2) is 7.75. The minimum absolute atomic E-state index is 0.165. The maximum atomic E-state index is 13.0. The third-order valence-corrected chi connectivity index (χ3v) is 4.86. The van der Waals surface area contributed by atoms with Crippen LogP contribution in [0.2, 0.25) is 0 Å². The first-order valence-electron chi connectivity index (χ1n) is 9.23. The highest BCUT2D eigenvalue weighted by Crippen LogP contribution is 2.24. The molecule has 148 valence electrons. The fourth-order valence-corrected chi connectivity index (χ4v) is 3.41. The number of ether oxygens (including phenoxy) is 1. The summed E-state index contributed by atoms with van der Waals surface area (Å²) in [6.07, 6.45) is 0.103. The molecular weight excluding hydrogens is 376 g/mol. The molecule has 2 aliphatic heterocycles. The van der Waals surface area contributed by atoms with Crippen LogP contribution in [0.25, 0.3) is 0 Å². The molecule has 2 aromatic carbocycles. The Hall–Kier alpha value is -3.68. The van der Waals surface area contributed by atoms with Gasteiger partial charge in [-0.3, -0.25) is 14.5 Å². The molecule has 2 aromatic rings. The number of rotatable bonds is 5. The molecule has 3 amide bonds. The molecule has 1 saturated heterocycles. The van der Waals surface area contributed by atoms with E-state index in [1.165, 1.54) is 17.0 Å². The number of hydrogen-bond donors (Lipinski definition) is 0. The number of fused-ring (bicyclic) bond motifs is 1. The molecule has 4 rings (SSSR count). The predicted octanol–water partition coefficient (Wildman–Crippen LogP) is 2.19. The Labute approximate surface area is 166 Å². The third kappa shape index (κ3) is 3.56. The Bertz CT molecular complexity index is 939. The average molecular weight is 394 g/mol. The summed E-state index contributed by atoms with van der Waals surface area (Å²) in [6.45, 7) is 0.592. The first-order valence-corrected chi connectivity index (χ1v) is 9.23. The molecular formula is C21H18N2O6. The van der Waals surface area contributed by atoms with Crippen LogP contribution in [0, 0.1) is 0 Å². The van der Waals surface area contributed by atoms with Crippen molar-refractivity contribution in [2.75, 3.05) is 13.2 Å². The molecule has 29 heavy (non-hydrogen) atoms. The summed E-state index contributed by atoms with van der Waals surface area (Å²) >= 11 is 0. The van der Waals surface area contributed by atoms with Gasteiger partial charge >= 0.3 is 12.1 Å². The van der Waals surface area contributed by atoms with Crippen LogP contribution in [-0.2, 0) is 20.8 Å². The van der Waals surface area contributed by atoms with Crippen LogP contribution < -0.4 is 0 Å². The van der Waals surface area contributed by atoms with Crippen molar-refractivity contribution in [2.45, 2.75) is 18.9 Å². The highest BCUT2D eigenvalue weighted by atomic mass is 16.7. The van der Waals surface area contributed by atoms with Crippen LogP contribution in [0.1, 0.15) is 32.7 Å². The van der Waals surface area contributed by atoms with Crippen LogP contribution in [0.5, 0.6) is 0 Å². The quantitative estimate of drug-likeness (QED) is 0.722. The third-order valence-electron chi connectivity index (χ3n) is 4.86. The Morgan fingerprint density at radius 1 is 0.966 bits per heavy atom. The van der Waals surface area contributed by atoms with Crippen LogP contribution in [0.3, 0.4) is 0 Å². The number of carbonyl (C=O) groups is 4. The topological polar surface area (TPSA) is 93.2 Å². The van der Waals surface area contributed by atoms with E-state index in [1.54, 1.807) is 12.1 Å². The molecule has 0 spiro atoms. The molecule has 0 bridgehead atoms. The lowest BCUT2D eigenvalue weighted by Crippen LogP contribution is -2.51. The lowest BCUT2D eigenvalue weighted by atomic mass is 10.0. The molecule has 0 N–H and O–H groups in total. The van der Waals surface area contributed by atoms with Gasteiger partial charge in [0.2, 0.25) is 0 Å². The molecule has 1 atom stereocenters. The molecule has 0 radical (unpaired) electrons. The van der Waals surface area contributed by atoms with Crippen molar-refractivity contribution in [3.8, 4) is 0 Å². The average Bonchev–Trinajstić information content (AvgIpc) is 2.98. The van der Waals surface area contributed by atoms with E-state index in [9.17, 15) is 19.2 Å². The molecule has 2 heterocycles. The monoisotopic (exact) mass is 394 g/mol. The van der Waals surface area contributed by atoms with Gasteiger partial charge in [-0.15, -0.1) is 0 Å². The van der Waals surface area contributed by atoms with Crippen molar-refractivity contribution in [1.82, 2.24) is 9.96 Å². The number of imide groups is 1. The number of hydrogen-bond acceptors (Lipinski definition) is 6. The summed E-state index contributed by atoms with van der Waals surface area (Å²) in [4.78, 5) is 56.6. The molecule has 0 aromatic heterocycles. The number of nitrogens with zero attached hydrogens (tertiary/aromatic N) is 2. The molecule has 8 heteroatoms. The summed E-state index contributed by atoms with van der Waals surface area (Å²) in [5, 5.41) is 0.459. The molecule has 1 fully saturated rings. The van der Waals surface area contributed by atoms with E-state index in [1.807, 2.05) is 30.3 Å². The lowest BCUT2D eigenvalue weighted by molar-refractivity contribution is -0.174. The number of cyclic esters (lactones) is 1. The molecule has 8 nitrogen and oxygen atoms in total. The Kier molecular flexibility index (Phi) is 4.99. The van der Waals surface area contributed by atoms with Gasteiger partial charge in [-0.25, -0.2) is 9.59 Å². The van der Waals surface area contributed by atoms with E-state index in [4.69, 9.17) is 9.57 Å². The van der Waals surface area contributed by atoms with E-state index >= 15 is 0 Å². The van der Waals surface area contributed by atoms with Crippen molar-refractivity contribution in [2.24, 2.45) is 0 Å². The largest absolute Gasteiger partial charge is 0.449 e. The van der Waals surface area contributed by atoms with Crippen LogP contribution >= 0.6 is 0 Å². The van der Waals surface area contributed by atoms with E-state index in [-0.39, 0.29) is 24.2 Å². The van der Waals surface area contributed by atoms with Crippen molar-refractivity contribution in [3.63, 3.8) is 0 Å². The van der Waals surface area contributed by atoms with Gasteiger partial charge < -0.3 is 9.57 Å². The van der Waals surface area contributed by atoms with Crippen molar-refractivity contribution in [3.05, 3.63) is 71.3 Å². The maximum Gasteiger partial charge on any atom is 0.410 e. The number of benzene rings is 2. The summed E-state index contributed by atoms with van der Waals surface area (Å²) in [7, 11) is 0. The van der Waals surface area contributed by atoms with Gasteiger partial charge in [0.1, 0.15) is 6.04 Å². The molecule has 2 aliphatic rings. The predicted molar refractivity (Wildman–Crippen MR) is 99.6 cm³/mol. The van der Waals surface area contributed by atoms with Gasteiger partial charge in [-0.05, 0) is 24.1 Å². The highest BCUT2D eigenvalue weighted by Gasteiger charge is 2.42. The summed E-state index contributed by atoms with van der Waals surface area (Å²) in [5.74, 6) is -2.29. The fraction of sp³-hybridized carbons (Fsp3) is 0.238. The zero-order chi connectivity index (χ0) is 20.4. The van der Waals surface area contributed by atoms with Crippen molar-refractivity contribution >= 4 is 23.9 Å². The van der Waals surface area contributed by atoms with E-state index in [0.717, 1.165) is 5.56 Å². The SMILES string of the molecule is O=C(ON1C(=O)c2ccccc2C1=O)C(Cc1ccccc1)N1CCCOC1=O. The number of carbonyl (C=O) groups excluding carboxylic acids is 4. The first-order chi connectivity index (χ1) is 14.1. The molecule has 0 aliphatic carbocycles. The minimum Gasteiger partial charge on any atom is -0.449 e. The summed E-state index contributed by atoms with van der Waals surface area (Å²) in [5.41, 5.74) is 1.14. The molecule has 0 saturated carbocycles. The first kappa shape index (κ1) is 18.7. The maximum absolute atomic E-state index is 13.0. The van der Waals surface area contributed by atoms with Crippen molar-refractivity contribution < 1.29 is 28.8 Å². The standard InChI is InChI=1S/C21H18N2O6/c24-18-15-9-4-5-10-16(15)19(25)23(18)29-20(26)17(13-14-7-2-1-3-8-14)22-11-6-12-28-21(22)27/h1-5,7-10,17H,6,11-13H2. The lowest BCUT2D eigenvalue weighted by Gasteiger charge is -2.32. The van der Waals surface area contributed by atoms with Gasteiger partial charge in [0.15, 0.2) is 0 Å². The van der Waals surface area contributed by atoms with Crippen molar-refractivity contribution in [1.29, 1.82) is 0 Å². The van der Waals surface area contributed by atoms with E-state index in [2.05, 4.69) is 0 Å². The van der Waals surface area contributed by atoms with Gasteiger partial charge in [0.05, 0.1) is 17.7 Å². The zero-order valence-electron chi connectivity index (χ0n) is 15.4. The van der Waals surface area contributed by atoms with Crippen LogP contribution in [-0.4, -0.2) is 53.0 Å². The van der Waals surface area contributed by atoms with Crippen LogP contribution in [0.4, 0.5) is 4.79 Å². The second-order valence-corrected chi connectivity index (χ2v) is 6.73. The normalized spacial score (nSPS) is 17.0. The Morgan fingerprint density at radius 2 is 1.59 bits per heavy atom. The molecule has 1 unspecified atom stereocenters. The Balaban J connectivity index is 1.57. The summed E-state index contributed by atoms with van der Waals surface area (Å²) < 4.78 is 5.05. The van der Waals surface area contributed by atoms with E-state index in [0.29, 0.717) is 18.0 Å². The minimum atomic E-state index is -1.03.